The summed E-state index contributed by atoms with van der Waals surface area (Å²) < 4.78 is 1.68. The summed E-state index contributed by atoms with van der Waals surface area (Å²) in [6.45, 7) is 7.15. The number of hydrogen-bond acceptors (Lipinski definition) is 5. The van der Waals surface area contributed by atoms with Crippen LogP contribution in [0.2, 0.25) is 0 Å². The van der Waals surface area contributed by atoms with Gasteiger partial charge >= 0.3 is 0 Å². The van der Waals surface area contributed by atoms with Gasteiger partial charge in [0.1, 0.15) is 0 Å². The van der Waals surface area contributed by atoms with Crippen LogP contribution in [0.5, 0.6) is 0 Å². The number of fused-ring (bicyclic) bond motifs is 1. The molecule has 0 unspecified atom stereocenters. The van der Waals surface area contributed by atoms with Crippen LogP contribution in [0.1, 0.15) is 32.4 Å². The topological polar surface area (TPSA) is 66.7 Å². The number of thiazole rings is 1. The Morgan fingerprint density at radius 1 is 1.30 bits per heavy atom. The highest BCUT2D eigenvalue weighted by Gasteiger charge is 2.26. The molecule has 1 aliphatic heterocycles. The first-order valence-corrected chi connectivity index (χ1v) is 11.4. The molecule has 2 aromatic heterocycles. The summed E-state index contributed by atoms with van der Waals surface area (Å²) in [5.74, 6) is 0.598. The third-order valence-corrected chi connectivity index (χ3v) is 6.30. The molecule has 1 fully saturated rings. The minimum absolute atomic E-state index is 0.00810. The minimum atomic E-state index is -0.0571. The molecule has 7 heteroatoms. The maximum absolute atomic E-state index is 12.9. The monoisotopic (exact) mass is 424 g/mol. The normalized spacial score (nSPS) is 17.5. The van der Waals surface area contributed by atoms with E-state index < -0.39 is 0 Å². The molecule has 158 valence electrons. The standard InChI is InChI=1S/C23H28N4O2S/c1-16(2)12-24-22(29)18-9-6-10-26(13-18)14-19-11-21(28)27-20(15-30-23(27)25-19)17-7-4-3-5-8-17/h3-5,7-8,11,15-16,18H,6,9-10,12-14H2,1-2H3,(H,24,29)/t18-/m0/s1. The molecule has 1 aromatic carbocycles. The highest BCUT2D eigenvalue weighted by molar-refractivity contribution is 7.15. The van der Waals surface area contributed by atoms with Crippen molar-refractivity contribution in [3.05, 3.63) is 57.8 Å². The molecule has 1 amide bonds. The van der Waals surface area contributed by atoms with Crippen LogP contribution in [0.4, 0.5) is 0 Å². The molecule has 0 aliphatic carbocycles. The second kappa shape index (κ2) is 9.10. The second-order valence-electron chi connectivity index (χ2n) is 8.40. The molecule has 3 heterocycles. The van der Waals surface area contributed by atoms with Crippen LogP contribution in [-0.2, 0) is 11.3 Å². The second-order valence-corrected chi connectivity index (χ2v) is 9.24. The van der Waals surface area contributed by atoms with Crippen LogP contribution in [0.15, 0.2) is 46.6 Å². The SMILES string of the molecule is CC(C)CNC(=O)[C@H]1CCCN(Cc2cc(=O)n3c(-c4ccccc4)csc3n2)C1. The summed E-state index contributed by atoms with van der Waals surface area (Å²) in [4.78, 5) is 33.0. The van der Waals surface area contributed by atoms with Crippen molar-refractivity contribution in [1.82, 2.24) is 19.6 Å². The van der Waals surface area contributed by atoms with Crippen molar-refractivity contribution in [3.63, 3.8) is 0 Å². The molecule has 1 aliphatic rings. The van der Waals surface area contributed by atoms with Gasteiger partial charge in [0, 0.05) is 31.1 Å². The molecule has 1 N–H and O–H groups in total. The lowest BCUT2D eigenvalue weighted by atomic mass is 9.97. The Hall–Kier alpha value is -2.51. The average molecular weight is 425 g/mol. The molecule has 1 saturated heterocycles. The highest BCUT2D eigenvalue weighted by Crippen LogP contribution is 2.24. The van der Waals surface area contributed by atoms with Crippen LogP contribution in [0, 0.1) is 11.8 Å². The van der Waals surface area contributed by atoms with Crippen LogP contribution in [-0.4, -0.2) is 39.8 Å². The number of benzene rings is 1. The van der Waals surface area contributed by atoms with Gasteiger partial charge in [0.25, 0.3) is 5.56 Å². The molecular formula is C23H28N4O2S. The number of piperidine rings is 1. The molecule has 0 bridgehead atoms. The van der Waals surface area contributed by atoms with Gasteiger partial charge in [0.2, 0.25) is 5.91 Å². The fourth-order valence-corrected chi connectivity index (χ4v) is 4.87. The Bertz CT molecular complexity index is 1070. The Morgan fingerprint density at radius 3 is 2.87 bits per heavy atom. The molecule has 0 saturated carbocycles. The number of rotatable bonds is 6. The summed E-state index contributed by atoms with van der Waals surface area (Å²) in [5.41, 5.74) is 2.59. The summed E-state index contributed by atoms with van der Waals surface area (Å²) >= 11 is 1.48. The van der Waals surface area contributed by atoms with Gasteiger partial charge in [-0.1, -0.05) is 44.2 Å². The molecule has 4 rings (SSSR count). The van der Waals surface area contributed by atoms with Crippen molar-refractivity contribution in [2.24, 2.45) is 11.8 Å². The van der Waals surface area contributed by atoms with Gasteiger partial charge < -0.3 is 5.32 Å². The molecule has 1 atom stereocenters. The largest absolute Gasteiger partial charge is 0.356 e. The molecule has 3 aromatic rings. The molecule has 0 spiro atoms. The number of carbonyl (C=O) groups is 1. The highest BCUT2D eigenvalue weighted by atomic mass is 32.1. The number of nitrogens with zero attached hydrogens (tertiary/aromatic N) is 3. The van der Waals surface area contributed by atoms with Crippen molar-refractivity contribution in [2.45, 2.75) is 33.2 Å². The Labute approximate surface area is 180 Å². The van der Waals surface area contributed by atoms with E-state index in [1.807, 2.05) is 35.7 Å². The maximum Gasteiger partial charge on any atom is 0.259 e. The Kier molecular flexibility index (Phi) is 6.29. The fraction of sp³-hybridized carbons (Fsp3) is 0.435. The smallest absolute Gasteiger partial charge is 0.259 e. The summed E-state index contributed by atoms with van der Waals surface area (Å²) in [6, 6.07) is 11.5. The van der Waals surface area contributed by atoms with Gasteiger partial charge in [-0.05, 0) is 30.9 Å². The van der Waals surface area contributed by atoms with Crippen molar-refractivity contribution in [3.8, 4) is 11.3 Å². The minimum Gasteiger partial charge on any atom is -0.356 e. The zero-order chi connectivity index (χ0) is 21.1. The number of aromatic nitrogens is 2. The van der Waals surface area contributed by atoms with E-state index in [-0.39, 0.29) is 17.4 Å². The van der Waals surface area contributed by atoms with Crippen LogP contribution >= 0.6 is 11.3 Å². The molecular weight excluding hydrogens is 396 g/mol. The van der Waals surface area contributed by atoms with Gasteiger partial charge in [-0.25, -0.2) is 4.98 Å². The maximum atomic E-state index is 12.9. The third kappa shape index (κ3) is 4.63. The predicted octanol–water partition coefficient (Wildman–Crippen LogP) is 3.41. The third-order valence-electron chi connectivity index (χ3n) is 5.47. The quantitative estimate of drug-likeness (QED) is 0.659. The van der Waals surface area contributed by atoms with Crippen molar-refractivity contribution in [1.29, 1.82) is 0 Å². The van der Waals surface area contributed by atoms with Crippen LogP contribution < -0.4 is 10.9 Å². The summed E-state index contributed by atoms with van der Waals surface area (Å²) in [7, 11) is 0. The van der Waals surface area contributed by atoms with E-state index in [0.717, 1.165) is 36.3 Å². The van der Waals surface area contributed by atoms with Gasteiger partial charge in [0.05, 0.1) is 17.3 Å². The first-order chi connectivity index (χ1) is 14.5. The van der Waals surface area contributed by atoms with E-state index in [4.69, 9.17) is 4.98 Å². The van der Waals surface area contributed by atoms with Gasteiger partial charge in [-0.15, -0.1) is 11.3 Å². The number of amides is 1. The van der Waals surface area contributed by atoms with E-state index >= 15 is 0 Å². The summed E-state index contributed by atoms with van der Waals surface area (Å²) in [5, 5.41) is 5.04. The first kappa shape index (κ1) is 20.8. The van der Waals surface area contributed by atoms with Crippen LogP contribution in [0.25, 0.3) is 16.2 Å². The molecule has 0 radical (unpaired) electrons. The fourth-order valence-electron chi connectivity index (χ4n) is 3.95. The zero-order valence-electron chi connectivity index (χ0n) is 17.5. The van der Waals surface area contributed by atoms with Gasteiger partial charge in [0.15, 0.2) is 4.96 Å². The molecule has 6 nitrogen and oxygen atoms in total. The summed E-state index contributed by atoms with van der Waals surface area (Å²) in [6.07, 6.45) is 1.90. The average Bonchev–Trinajstić information content (AvgIpc) is 3.17. The van der Waals surface area contributed by atoms with E-state index in [9.17, 15) is 9.59 Å². The first-order valence-electron chi connectivity index (χ1n) is 10.6. The van der Waals surface area contributed by atoms with Crippen LogP contribution in [0.3, 0.4) is 0 Å². The van der Waals surface area contributed by atoms with E-state index in [1.54, 1.807) is 10.5 Å². The van der Waals surface area contributed by atoms with E-state index in [2.05, 4.69) is 24.1 Å². The zero-order valence-corrected chi connectivity index (χ0v) is 18.3. The van der Waals surface area contributed by atoms with Crippen molar-refractivity contribution < 1.29 is 4.79 Å². The van der Waals surface area contributed by atoms with E-state index in [1.165, 1.54) is 11.3 Å². The Balaban J connectivity index is 1.49. The lowest BCUT2D eigenvalue weighted by Crippen LogP contribution is -2.43. The number of nitrogens with one attached hydrogen (secondary N) is 1. The number of hydrogen-bond donors (Lipinski definition) is 1. The van der Waals surface area contributed by atoms with Gasteiger partial charge in [-0.3, -0.25) is 18.9 Å². The molecule has 30 heavy (non-hydrogen) atoms. The number of likely N-dealkylation sites (tertiary alicyclic amines) is 1. The lowest BCUT2D eigenvalue weighted by molar-refractivity contribution is -0.126. The van der Waals surface area contributed by atoms with Crippen molar-refractivity contribution >= 4 is 22.2 Å². The van der Waals surface area contributed by atoms with E-state index in [0.29, 0.717) is 30.5 Å². The van der Waals surface area contributed by atoms with Crippen molar-refractivity contribution in [2.75, 3.05) is 19.6 Å². The predicted molar refractivity (Wildman–Crippen MR) is 121 cm³/mol. The van der Waals surface area contributed by atoms with Gasteiger partial charge in [-0.2, -0.15) is 0 Å². The lowest BCUT2D eigenvalue weighted by Gasteiger charge is -2.31. The number of carbonyl (C=O) groups excluding carboxylic acids is 1. The Morgan fingerprint density at radius 2 is 2.10 bits per heavy atom.